The molecule has 1 aromatic carbocycles. The van der Waals surface area contributed by atoms with Gasteiger partial charge in [-0.3, -0.25) is 0 Å². The van der Waals surface area contributed by atoms with Crippen molar-refractivity contribution in [3.63, 3.8) is 0 Å². The molecule has 3 heteroatoms. The Labute approximate surface area is 127 Å². The second-order valence-corrected chi connectivity index (χ2v) is 6.63. The topological polar surface area (TPSA) is 9.23 Å². The van der Waals surface area contributed by atoms with Gasteiger partial charge in [0.05, 0.1) is 12.2 Å². The second-order valence-electron chi connectivity index (χ2n) is 5.15. The van der Waals surface area contributed by atoms with Crippen LogP contribution in [0.25, 0.3) is 0 Å². The van der Waals surface area contributed by atoms with Crippen molar-refractivity contribution in [2.45, 2.75) is 50.7 Å². The average Bonchev–Trinajstić information content (AvgIpc) is 2.63. The Morgan fingerprint density at radius 1 is 1.11 bits per heavy atom. The highest BCUT2D eigenvalue weighted by Crippen LogP contribution is 2.33. The first kappa shape index (κ1) is 14.5. The van der Waals surface area contributed by atoms with Gasteiger partial charge in [0.2, 0.25) is 0 Å². The Morgan fingerprint density at radius 3 is 2.44 bits per heavy atom. The normalized spacial score (nSPS) is 19.4. The zero-order valence-electron chi connectivity index (χ0n) is 10.6. The number of hydrogen-bond donors (Lipinski definition) is 0. The molecule has 0 amide bonds. The van der Waals surface area contributed by atoms with Crippen LogP contribution in [0, 0.1) is 0 Å². The van der Waals surface area contributed by atoms with Crippen molar-refractivity contribution in [1.29, 1.82) is 0 Å². The minimum absolute atomic E-state index is 0.0544. The summed E-state index contributed by atoms with van der Waals surface area (Å²) in [6.45, 7) is 0.713. The maximum absolute atomic E-state index is 6.27. The number of alkyl halides is 1. The molecule has 0 aliphatic heterocycles. The van der Waals surface area contributed by atoms with Crippen molar-refractivity contribution in [2.75, 3.05) is 5.33 Å². The molecule has 0 bridgehead atoms. The quantitative estimate of drug-likeness (QED) is 0.501. The lowest BCUT2D eigenvalue weighted by Crippen LogP contribution is -2.33. The third-order valence-electron chi connectivity index (χ3n) is 3.69. The smallest absolute Gasteiger partial charge is 0.0783 e. The third kappa shape index (κ3) is 4.07. The summed E-state index contributed by atoms with van der Waals surface area (Å²) in [4.78, 5) is 0. The zero-order valence-corrected chi connectivity index (χ0v) is 13.8. The molecule has 1 saturated carbocycles. The molecule has 1 aliphatic rings. The van der Waals surface area contributed by atoms with Crippen LogP contribution in [0.15, 0.2) is 28.7 Å². The Morgan fingerprint density at radius 2 is 1.83 bits per heavy atom. The summed E-state index contributed by atoms with van der Waals surface area (Å²) in [5.74, 6) is 0. The standard InChI is InChI=1S/C15H20Br2O/c16-12-15(8-3-1-2-4-9-15)18-11-13-6-5-7-14(17)10-13/h5-7,10H,1-4,8-9,11-12H2. The van der Waals surface area contributed by atoms with E-state index in [2.05, 4.69) is 56.1 Å². The molecule has 1 nitrogen and oxygen atoms in total. The summed E-state index contributed by atoms with van der Waals surface area (Å²) >= 11 is 7.16. The van der Waals surface area contributed by atoms with Gasteiger partial charge in [-0.2, -0.15) is 0 Å². The van der Waals surface area contributed by atoms with Crippen LogP contribution >= 0.6 is 31.9 Å². The number of rotatable bonds is 4. The highest BCUT2D eigenvalue weighted by Gasteiger charge is 2.30. The van der Waals surface area contributed by atoms with Gasteiger partial charge in [0.1, 0.15) is 0 Å². The van der Waals surface area contributed by atoms with Crippen LogP contribution in [0.2, 0.25) is 0 Å². The van der Waals surface area contributed by atoms with Gasteiger partial charge in [0.25, 0.3) is 0 Å². The molecule has 0 saturated heterocycles. The second kappa shape index (κ2) is 7.06. The van der Waals surface area contributed by atoms with Gasteiger partial charge in [0.15, 0.2) is 0 Å². The lowest BCUT2D eigenvalue weighted by molar-refractivity contribution is -0.0485. The van der Waals surface area contributed by atoms with E-state index in [9.17, 15) is 0 Å². The fourth-order valence-corrected chi connectivity index (χ4v) is 3.72. The molecule has 0 aromatic heterocycles. The molecule has 0 radical (unpaired) electrons. The first-order valence-electron chi connectivity index (χ1n) is 6.68. The summed E-state index contributed by atoms with van der Waals surface area (Å²) in [5, 5.41) is 0.952. The molecular weight excluding hydrogens is 356 g/mol. The number of halogens is 2. The van der Waals surface area contributed by atoms with Gasteiger partial charge in [-0.15, -0.1) is 0 Å². The van der Waals surface area contributed by atoms with Gasteiger partial charge in [0, 0.05) is 9.80 Å². The predicted octanol–water partition coefficient (Wildman–Crippen LogP) is 5.45. The van der Waals surface area contributed by atoms with E-state index >= 15 is 0 Å². The van der Waals surface area contributed by atoms with E-state index < -0.39 is 0 Å². The molecule has 0 spiro atoms. The molecule has 0 heterocycles. The van der Waals surface area contributed by atoms with Crippen LogP contribution in [-0.2, 0) is 11.3 Å². The monoisotopic (exact) mass is 374 g/mol. The first-order valence-corrected chi connectivity index (χ1v) is 8.60. The number of benzene rings is 1. The fraction of sp³-hybridized carbons (Fsp3) is 0.600. The minimum Gasteiger partial charge on any atom is -0.369 e. The number of ether oxygens (including phenoxy) is 1. The molecule has 2 rings (SSSR count). The Kier molecular flexibility index (Phi) is 5.71. The molecule has 1 fully saturated rings. The molecule has 1 aromatic rings. The highest BCUT2D eigenvalue weighted by molar-refractivity contribution is 9.10. The maximum atomic E-state index is 6.27. The summed E-state index contributed by atoms with van der Waals surface area (Å²) in [6, 6.07) is 8.38. The van der Waals surface area contributed by atoms with E-state index in [-0.39, 0.29) is 5.60 Å². The van der Waals surface area contributed by atoms with Gasteiger partial charge in [-0.05, 0) is 30.5 Å². The number of hydrogen-bond acceptors (Lipinski definition) is 1. The zero-order chi connectivity index (χ0) is 12.8. The first-order chi connectivity index (χ1) is 8.74. The molecule has 0 N–H and O–H groups in total. The summed E-state index contributed by atoms with van der Waals surface area (Å²) in [7, 11) is 0. The van der Waals surface area contributed by atoms with Crippen LogP contribution in [0.4, 0.5) is 0 Å². The average molecular weight is 376 g/mol. The van der Waals surface area contributed by atoms with Gasteiger partial charge in [-0.1, -0.05) is 69.7 Å². The summed E-state index contributed by atoms with van der Waals surface area (Å²) in [5.41, 5.74) is 1.30. The lowest BCUT2D eigenvalue weighted by Gasteiger charge is -2.31. The van der Waals surface area contributed by atoms with Gasteiger partial charge >= 0.3 is 0 Å². The third-order valence-corrected chi connectivity index (χ3v) is 5.21. The molecule has 0 atom stereocenters. The van der Waals surface area contributed by atoms with E-state index in [1.54, 1.807) is 0 Å². The molecule has 18 heavy (non-hydrogen) atoms. The van der Waals surface area contributed by atoms with Crippen molar-refractivity contribution in [2.24, 2.45) is 0 Å². The van der Waals surface area contributed by atoms with E-state index in [4.69, 9.17) is 4.74 Å². The van der Waals surface area contributed by atoms with E-state index in [0.29, 0.717) is 6.61 Å². The van der Waals surface area contributed by atoms with Crippen molar-refractivity contribution in [3.05, 3.63) is 34.3 Å². The van der Waals surface area contributed by atoms with Gasteiger partial charge < -0.3 is 4.74 Å². The largest absolute Gasteiger partial charge is 0.369 e. The summed E-state index contributed by atoms with van der Waals surface area (Å²) < 4.78 is 7.40. The van der Waals surface area contributed by atoms with Crippen LogP contribution in [0.1, 0.15) is 44.1 Å². The van der Waals surface area contributed by atoms with Crippen LogP contribution in [0.5, 0.6) is 0 Å². The van der Waals surface area contributed by atoms with Crippen LogP contribution in [-0.4, -0.2) is 10.9 Å². The van der Waals surface area contributed by atoms with Gasteiger partial charge in [-0.25, -0.2) is 0 Å². The van der Waals surface area contributed by atoms with Crippen molar-refractivity contribution in [1.82, 2.24) is 0 Å². The summed E-state index contributed by atoms with van der Waals surface area (Å²) in [6.07, 6.45) is 7.68. The molecule has 100 valence electrons. The van der Waals surface area contributed by atoms with E-state index in [1.807, 2.05) is 0 Å². The Balaban J connectivity index is 1.97. The molecule has 0 unspecified atom stereocenters. The predicted molar refractivity (Wildman–Crippen MR) is 83.2 cm³/mol. The van der Waals surface area contributed by atoms with Crippen molar-refractivity contribution < 1.29 is 4.74 Å². The highest BCUT2D eigenvalue weighted by atomic mass is 79.9. The van der Waals surface area contributed by atoms with E-state index in [1.165, 1.54) is 44.1 Å². The molecular formula is C15H20Br2O. The van der Waals surface area contributed by atoms with E-state index in [0.717, 1.165) is 9.80 Å². The Bertz CT molecular complexity index is 371. The van der Waals surface area contributed by atoms with Crippen LogP contribution in [0.3, 0.4) is 0 Å². The van der Waals surface area contributed by atoms with Crippen molar-refractivity contribution in [3.8, 4) is 0 Å². The molecule has 1 aliphatic carbocycles. The fourth-order valence-electron chi connectivity index (χ4n) is 2.55. The Hall–Kier alpha value is 0.140. The van der Waals surface area contributed by atoms with Crippen molar-refractivity contribution >= 4 is 31.9 Å². The SMILES string of the molecule is BrCC1(OCc2cccc(Br)c2)CCCCCC1. The minimum atomic E-state index is 0.0544. The maximum Gasteiger partial charge on any atom is 0.0783 e. The lowest BCUT2D eigenvalue weighted by atomic mass is 9.96. The van der Waals surface area contributed by atoms with Crippen LogP contribution < -0.4 is 0 Å².